The lowest BCUT2D eigenvalue weighted by molar-refractivity contribution is 0.0946. The standard InChI is InChI=1S/C16H17ClN2O4S/c1-11-2-7-14(24(18,21)22)10-15(11)16(20)19-8-9-23-13-5-3-12(17)4-6-13/h2-7,10H,8-9H2,1H3,(H,19,20)(H2,18,21,22). The van der Waals surface area contributed by atoms with Gasteiger partial charge in [0.05, 0.1) is 11.4 Å². The average Bonchev–Trinajstić information content (AvgIpc) is 2.52. The molecule has 0 spiro atoms. The smallest absolute Gasteiger partial charge is 0.251 e. The van der Waals surface area contributed by atoms with Gasteiger partial charge in [0.2, 0.25) is 10.0 Å². The van der Waals surface area contributed by atoms with E-state index in [1.165, 1.54) is 12.1 Å². The second-order valence-electron chi connectivity index (χ2n) is 5.08. The van der Waals surface area contributed by atoms with Crippen LogP contribution in [-0.4, -0.2) is 27.5 Å². The van der Waals surface area contributed by atoms with Crippen molar-refractivity contribution in [2.45, 2.75) is 11.8 Å². The van der Waals surface area contributed by atoms with Crippen molar-refractivity contribution in [2.24, 2.45) is 5.14 Å². The van der Waals surface area contributed by atoms with Crippen molar-refractivity contribution in [3.8, 4) is 5.75 Å². The lowest BCUT2D eigenvalue weighted by Gasteiger charge is -2.10. The summed E-state index contributed by atoms with van der Waals surface area (Å²) in [5.41, 5.74) is 0.909. The summed E-state index contributed by atoms with van der Waals surface area (Å²) >= 11 is 5.78. The predicted octanol–water partition coefficient (Wildman–Crippen LogP) is 2.10. The molecule has 0 aliphatic rings. The van der Waals surface area contributed by atoms with Crippen LogP contribution in [0.5, 0.6) is 5.75 Å². The number of benzene rings is 2. The Hall–Kier alpha value is -2.09. The highest BCUT2D eigenvalue weighted by Crippen LogP contribution is 2.16. The zero-order valence-electron chi connectivity index (χ0n) is 13.0. The number of sulfonamides is 1. The van der Waals surface area contributed by atoms with Gasteiger partial charge in [-0.1, -0.05) is 17.7 Å². The van der Waals surface area contributed by atoms with Gasteiger partial charge in [0, 0.05) is 10.6 Å². The van der Waals surface area contributed by atoms with Crippen molar-refractivity contribution in [1.82, 2.24) is 5.32 Å². The van der Waals surface area contributed by atoms with Crippen LogP contribution in [0, 0.1) is 6.92 Å². The molecule has 2 aromatic rings. The summed E-state index contributed by atoms with van der Waals surface area (Å²) < 4.78 is 28.2. The number of primary sulfonamides is 1. The van der Waals surface area contributed by atoms with Gasteiger partial charge in [0.1, 0.15) is 12.4 Å². The highest BCUT2D eigenvalue weighted by atomic mass is 35.5. The fourth-order valence-corrected chi connectivity index (χ4v) is 2.65. The summed E-state index contributed by atoms with van der Waals surface area (Å²) in [6.45, 7) is 2.24. The Labute approximate surface area is 145 Å². The largest absolute Gasteiger partial charge is 0.492 e. The van der Waals surface area contributed by atoms with Gasteiger partial charge in [-0.25, -0.2) is 13.6 Å². The predicted molar refractivity (Wildman–Crippen MR) is 91.8 cm³/mol. The van der Waals surface area contributed by atoms with Crippen molar-refractivity contribution in [3.05, 3.63) is 58.6 Å². The Bertz CT molecular complexity index is 836. The molecule has 0 aliphatic heterocycles. The number of hydrogen-bond acceptors (Lipinski definition) is 4. The van der Waals surface area contributed by atoms with Gasteiger partial charge in [-0.3, -0.25) is 4.79 Å². The number of carbonyl (C=O) groups is 1. The van der Waals surface area contributed by atoms with E-state index < -0.39 is 15.9 Å². The summed E-state index contributed by atoms with van der Waals surface area (Å²) in [5, 5.41) is 8.37. The lowest BCUT2D eigenvalue weighted by Crippen LogP contribution is -2.29. The van der Waals surface area contributed by atoms with Gasteiger partial charge in [-0.05, 0) is 48.9 Å². The van der Waals surface area contributed by atoms with Gasteiger partial charge in [0.25, 0.3) is 5.91 Å². The highest BCUT2D eigenvalue weighted by molar-refractivity contribution is 7.89. The van der Waals surface area contributed by atoms with Crippen LogP contribution in [0.25, 0.3) is 0 Å². The minimum Gasteiger partial charge on any atom is -0.492 e. The first-order valence-corrected chi connectivity index (χ1v) is 9.00. The fourth-order valence-electron chi connectivity index (χ4n) is 1.98. The number of rotatable bonds is 6. The van der Waals surface area contributed by atoms with E-state index in [-0.39, 0.29) is 23.6 Å². The first-order chi connectivity index (χ1) is 11.3. The van der Waals surface area contributed by atoms with E-state index in [0.717, 1.165) is 0 Å². The van der Waals surface area contributed by atoms with E-state index >= 15 is 0 Å². The van der Waals surface area contributed by atoms with Gasteiger partial charge in [-0.2, -0.15) is 0 Å². The van der Waals surface area contributed by atoms with Gasteiger partial charge >= 0.3 is 0 Å². The quantitative estimate of drug-likeness (QED) is 0.763. The molecule has 0 bridgehead atoms. The number of carbonyl (C=O) groups excluding carboxylic acids is 1. The molecule has 6 nitrogen and oxygen atoms in total. The normalized spacial score (nSPS) is 11.1. The Balaban J connectivity index is 1.94. The second-order valence-corrected chi connectivity index (χ2v) is 7.08. The van der Waals surface area contributed by atoms with Crippen LogP contribution in [0.3, 0.4) is 0 Å². The summed E-state index contributed by atoms with van der Waals surface area (Å²) in [7, 11) is -3.86. The summed E-state index contributed by atoms with van der Waals surface area (Å²) in [6.07, 6.45) is 0. The van der Waals surface area contributed by atoms with Gasteiger partial charge < -0.3 is 10.1 Å². The van der Waals surface area contributed by atoms with Crippen molar-refractivity contribution < 1.29 is 17.9 Å². The third kappa shape index (κ3) is 4.95. The lowest BCUT2D eigenvalue weighted by atomic mass is 10.1. The summed E-state index contributed by atoms with van der Waals surface area (Å²) in [6, 6.07) is 11.0. The molecule has 0 radical (unpaired) electrons. The Morgan fingerprint density at radius 2 is 1.88 bits per heavy atom. The van der Waals surface area contributed by atoms with Crippen LogP contribution in [0.15, 0.2) is 47.4 Å². The Morgan fingerprint density at radius 1 is 1.21 bits per heavy atom. The molecule has 24 heavy (non-hydrogen) atoms. The Morgan fingerprint density at radius 3 is 2.50 bits per heavy atom. The number of nitrogens with two attached hydrogens (primary N) is 1. The maximum Gasteiger partial charge on any atom is 0.251 e. The van der Waals surface area contributed by atoms with Crippen molar-refractivity contribution in [3.63, 3.8) is 0 Å². The van der Waals surface area contributed by atoms with Crippen LogP contribution < -0.4 is 15.2 Å². The molecule has 0 unspecified atom stereocenters. The van der Waals surface area contributed by atoms with Crippen LogP contribution in [0.2, 0.25) is 5.02 Å². The molecule has 0 saturated carbocycles. The summed E-state index contributed by atoms with van der Waals surface area (Å²) in [4.78, 5) is 12.1. The molecule has 0 heterocycles. The minimum atomic E-state index is -3.86. The van der Waals surface area contributed by atoms with Gasteiger partial charge in [0.15, 0.2) is 0 Å². The molecular weight excluding hydrogens is 352 g/mol. The number of aryl methyl sites for hydroxylation is 1. The maximum atomic E-state index is 12.2. The molecule has 0 fully saturated rings. The third-order valence-electron chi connectivity index (χ3n) is 3.25. The molecule has 0 aromatic heterocycles. The number of halogens is 1. The monoisotopic (exact) mass is 368 g/mol. The maximum absolute atomic E-state index is 12.2. The SMILES string of the molecule is Cc1ccc(S(N)(=O)=O)cc1C(=O)NCCOc1ccc(Cl)cc1. The highest BCUT2D eigenvalue weighted by Gasteiger charge is 2.14. The van der Waals surface area contributed by atoms with E-state index in [1.54, 1.807) is 37.3 Å². The molecular formula is C16H17ClN2O4S. The minimum absolute atomic E-state index is 0.101. The van der Waals surface area contributed by atoms with E-state index in [0.29, 0.717) is 16.3 Å². The van der Waals surface area contributed by atoms with Crippen molar-refractivity contribution >= 4 is 27.5 Å². The first-order valence-electron chi connectivity index (χ1n) is 7.07. The number of nitrogens with one attached hydrogen (secondary N) is 1. The number of ether oxygens (including phenoxy) is 1. The molecule has 2 rings (SSSR count). The van der Waals surface area contributed by atoms with Crippen molar-refractivity contribution in [2.75, 3.05) is 13.2 Å². The molecule has 0 saturated heterocycles. The Kier molecular flexibility index (Phi) is 5.82. The average molecular weight is 369 g/mol. The van der Waals surface area contributed by atoms with Crippen molar-refractivity contribution in [1.29, 1.82) is 0 Å². The molecule has 0 aliphatic carbocycles. The molecule has 128 valence electrons. The zero-order valence-corrected chi connectivity index (χ0v) is 14.5. The second kappa shape index (κ2) is 7.65. The third-order valence-corrected chi connectivity index (χ3v) is 4.42. The summed E-state index contributed by atoms with van der Waals surface area (Å²) in [5.74, 6) is 0.249. The van der Waals surface area contributed by atoms with E-state index in [4.69, 9.17) is 21.5 Å². The molecule has 1 amide bonds. The molecule has 3 N–H and O–H groups in total. The van der Waals surface area contributed by atoms with Crippen LogP contribution in [0.1, 0.15) is 15.9 Å². The van der Waals surface area contributed by atoms with E-state index in [1.807, 2.05) is 0 Å². The fraction of sp³-hybridized carbons (Fsp3) is 0.188. The number of amides is 1. The zero-order chi connectivity index (χ0) is 17.7. The molecule has 0 atom stereocenters. The molecule has 8 heteroatoms. The van der Waals surface area contributed by atoms with E-state index in [9.17, 15) is 13.2 Å². The van der Waals surface area contributed by atoms with E-state index in [2.05, 4.69) is 5.32 Å². The molecule has 2 aromatic carbocycles. The topological polar surface area (TPSA) is 98.5 Å². The van der Waals surface area contributed by atoms with Gasteiger partial charge in [-0.15, -0.1) is 0 Å². The number of hydrogen-bond donors (Lipinski definition) is 2. The van der Waals surface area contributed by atoms with Crippen LogP contribution in [-0.2, 0) is 10.0 Å². The van der Waals surface area contributed by atoms with Crippen LogP contribution in [0.4, 0.5) is 0 Å². The van der Waals surface area contributed by atoms with Crippen LogP contribution >= 0.6 is 11.6 Å². The first kappa shape index (κ1) is 18.3.